The molecule has 0 aromatic carbocycles. The van der Waals surface area contributed by atoms with Crippen molar-refractivity contribution in [2.75, 3.05) is 19.0 Å². The topological polar surface area (TPSA) is 82.2 Å². The van der Waals surface area contributed by atoms with E-state index in [1.165, 1.54) is 11.3 Å². The maximum atomic E-state index is 12.3. The van der Waals surface area contributed by atoms with Gasteiger partial charge in [-0.05, 0) is 18.4 Å². The summed E-state index contributed by atoms with van der Waals surface area (Å²) in [7, 11) is 1.63. The second-order valence-electron chi connectivity index (χ2n) is 4.84. The van der Waals surface area contributed by atoms with Crippen LogP contribution >= 0.6 is 11.3 Å². The van der Waals surface area contributed by atoms with E-state index in [0.717, 1.165) is 4.88 Å². The molecule has 8 heteroatoms. The minimum absolute atomic E-state index is 0.276. The van der Waals surface area contributed by atoms with Gasteiger partial charge in [0.1, 0.15) is 5.76 Å². The highest BCUT2D eigenvalue weighted by atomic mass is 32.1. The highest BCUT2D eigenvalue weighted by molar-refractivity contribution is 7.13. The lowest BCUT2D eigenvalue weighted by molar-refractivity contribution is 0.102. The van der Waals surface area contributed by atoms with Gasteiger partial charge in [-0.25, -0.2) is 4.98 Å². The molecule has 0 saturated carbocycles. The van der Waals surface area contributed by atoms with Gasteiger partial charge in [-0.15, -0.1) is 11.3 Å². The number of hydrogen-bond acceptors (Lipinski definition) is 6. The maximum absolute atomic E-state index is 12.3. The molecule has 120 valence electrons. The van der Waals surface area contributed by atoms with Gasteiger partial charge in [0, 0.05) is 13.3 Å². The van der Waals surface area contributed by atoms with E-state index in [1.54, 1.807) is 31.1 Å². The number of aryl methyl sites for hydroxylation is 1. The third kappa shape index (κ3) is 3.49. The largest absolute Gasteiger partial charge is 0.440 e. The summed E-state index contributed by atoms with van der Waals surface area (Å²) in [5.41, 5.74) is 0.879. The van der Waals surface area contributed by atoms with Crippen molar-refractivity contribution in [2.24, 2.45) is 0 Å². The van der Waals surface area contributed by atoms with Crippen molar-refractivity contribution in [1.29, 1.82) is 0 Å². The molecule has 0 aliphatic rings. The van der Waals surface area contributed by atoms with E-state index in [0.29, 0.717) is 30.5 Å². The smallest absolute Gasteiger partial charge is 0.278 e. The molecule has 3 aromatic rings. The molecular weight excluding hydrogens is 316 g/mol. The molecular formula is C15H16N4O3S. The molecule has 1 amide bonds. The minimum Gasteiger partial charge on any atom is -0.440 e. The molecule has 0 atom stereocenters. The lowest BCUT2D eigenvalue weighted by Gasteiger charge is -2.00. The van der Waals surface area contributed by atoms with E-state index in [9.17, 15) is 4.79 Å². The van der Waals surface area contributed by atoms with Gasteiger partial charge < -0.3 is 14.5 Å². The Kier molecular flexibility index (Phi) is 4.54. The average molecular weight is 332 g/mol. The predicted molar refractivity (Wildman–Crippen MR) is 86.6 cm³/mol. The van der Waals surface area contributed by atoms with Gasteiger partial charge in [-0.3, -0.25) is 9.48 Å². The first-order valence-corrected chi connectivity index (χ1v) is 7.89. The molecule has 0 radical (unpaired) electrons. The number of nitrogens with one attached hydrogen (secondary N) is 1. The molecule has 0 aliphatic heterocycles. The van der Waals surface area contributed by atoms with E-state index in [-0.39, 0.29) is 11.6 Å². The Morgan fingerprint density at radius 2 is 2.39 bits per heavy atom. The standard InChI is InChI=1S/C15H16N4O3S/c1-10-13(18-15(22-10)12-4-3-7-23-12)14(20)17-11-8-16-19(9-11)5-6-21-2/h3-4,7-9H,5-6H2,1-2H3,(H,17,20). The van der Waals surface area contributed by atoms with Gasteiger partial charge in [-0.2, -0.15) is 5.10 Å². The van der Waals surface area contributed by atoms with E-state index < -0.39 is 0 Å². The molecule has 0 bridgehead atoms. The Morgan fingerprint density at radius 1 is 1.52 bits per heavy atom. The van der Waals surface area contributed by atoms with Crippen molar-refractivity contribution in [3.05, 3.63) is 41.4 Å². The predicted octanol–water partition coefficient (Wildman–Crippen LogP) is 2.81. The Morgan fingerprint density at radius 3 is 3.13 bits per heavy atom. The fourth-order valence-corrected chi connectivity index (χ4v) is 2.69. The van der Waals surface area contributed by atoms with Gasteiger partial charge in [0.25, 0.3) is 5.91 Å². The summed E-state index contributed by atoms with van der Waals surface area (Å²) in [6, 6.07) is 3.81. The Hall–Kier alpha value is -2.45. The highest BCUT2D eigenvalue weighted by Gasteiger charge is 2.19. The number of anilines is 1. The monoisotopic (exact) mass is 332 g/mol. The number of carbonyl (C=O) groups is 1. The van der Waals surface area contributed by atoms with Crippen LogP contribution in [0.4, 0.5) is 5.69 Å². The zero-order chi connectivity index (χ0) is 16.2. The van der Waals surface area contributed by atoms with Crippen molar-refractivity contribution in [3.8, 4) is 10.8 Å². The van der Waals surface area contributed by atoms with Crippen LogP contribution in [0.2, 0.25) is 0 Å². The summed E-state index contributed by atoms with van der Waals surface area (Å²) >= 11 is 1.51. The van der Waals surface area contributed by atoms with Gasteiger partial charge in [0.2, 0.25) is 5.89 Å². The zero-order valence-corrected chi connectivity index (χ0v) is 13.6. The van der Waals surface area contributed by atoms with E-state index >= 15 is 0 Å². The number of oxazole rings is 1. The number of nitrogens with zero attached hydrogens (tertiary/aromatic N) is 3. The van der Waals surface area contributed by atoms with Gasteiger partial charge in [-0.1, -0.05) is 6.07 Å². The fourth-order valence-electron chi connectivity index (χ4n) is 2.04. The summed E-state index contributed by atoms with van der Waals surface area (Å²) in [5, 5.41) is 8.85. The highest BCUT2D eigenvalue weighted by Crippen LogP contribution is 2.26. The third-order valence-corrected chi connectivity index (χ3v) is 4.02. The Bertz CT molecular complexity index is 792. The molecule has 0 fully saturated rings. The average Bonchev–Trinajstić information content (AvgIpc) is 3.25. The Labute approximate surface area is 136 Å². The Balaban J connectivity index is 1.72. The SMILES string of the molecule is COCCn1cc(NC(=O)c2nc(-c3cccs3)oc2C)cn1. The maximum Gasteiger partial charge on any atom is 0.278 e. The van der Waals surface area contributed by atoms with Crippen molar-refractivity contribution < 1.29 is 13.9 Å². The van der Waals surface area contributed by atoms with Crippen LogP contribution in [0.25, 0.3) is 10.8 Å². The first-order chi connectivity index (χ1) is 11.2. The number of amides is 1. The molecule has 1 N–H and O–H groups in total. The summed E-state index contributed by atoms with van der Waals surface area (Å²) < 4.78 is 12.3. The normalized spacial score (nSPS) is 10.9. The second kappa shape index (κ2) is 6.76. The van der Waals surface area contributed by atoms with E-state index in [2.05, 4.69) is 15.4 Å². The quantitative estimate of drug-likeness (QED) is 0.750. The number of methoxy groups -OCH3 is 1. The van der Waals surface area contributed by atoms with Gasteiger partial charge in [0.05, 0.1) is 29.9 Å². The molecule has 0 saturated heterocycles. The number of ether oxygens (including phenoxy) is 1. The van der Waals surface area contributed by atoms with Crippen LogP contribution in [0, 0.1) is 6.92 Å². The van der Waals surface area contributed by atoms with Gasteiger partial charge in [0.15, 0.2) is 5.69 Å². The van der Waals surface area contributed by atoms with Gasteiger partial charge >= 0.3 is 0 Å². The van der Waals surface area contributed by atoms with Crippen molar-refractivity contribution in [1.82, 2.24) is 14.8 Å². The number of aromatic nitrogens is 3. The van der Waals surface area contributed by atoms with Crippen molar-refractivity contribution in [3.63, 3.8) is 0 Å². The fraction of sp³-hybridized carbons (Fsp3) is 0.267. The van der Waals surface area contributed by atoms with Crippen molar-refractivity contribution in [2.45, 2.75) is 13.5 Å². The third-order valence-electron chi connectivity index (χ3n) is 3.16. The number of carbonyl (C=O) groups excluding carboxylic acids is 1. The number of hydrogen-bond donors (Lipinski definition) is 1. The first kappa shape index (κ1) is 15.4. The lowest BCUT2D eigenvalue weighted by atomic mass is 10.3. The molecule has 3 rings (SSSR count). The minimum atomic E-state index is -0.319. The lowest BCUT2D eigenvalue weighted by Crippen LogP contribution is -2.13. The van der Waals surface area contributed by atoms with Crippen LogP contribution in [0.15, 0.2) is 34.3 Å². The van der Waals surface area contributed by atoms with Crippen molar-refractivity contribution >= 4 is 22.9 Å². The number of rotatable bonds is 6. The molecule has 7 nitrogen and oxygen atoms in total. The van der Waals surface area contributed by atoms with E-state index in [1.807, 2.05) is 17.5 Å². The van der Waals surface area contributed by atoms with Crippen LogP contribution in [0.1, 0.15) is 16.2 Å². The summed E-state index contributed by atoms with van der Waals surface area (Å²) in [5.74, 6) is 0.622. The summed E-state index contributed by atoms with van der Waals surface area (Å²) in [6.07, 6.45) is 3.33. The first-order valence-electron chi connectivity index (χ1n) is 7.01. The molecule has 0 aliphatic carbocycles. The number of thiophene rings is 1. The second-order valence-corrected chi connectivity index (χ2v) is 5.79. The summed E-state index contributed by atoms with van der Waals surface area (Å²) in [4.78, 5) is 17.5. The molecule has 3 heterocycles. The van der Waals surface area contributed by atoms with Crippen LogP contribution in [0.5, 0.6) is 0 Å². The summed E-state index contributed by atoms with van der Waals surface area (Å²) in [6.45, 7) is 2.90. The molecule has 0 unspecified atom stereocenters. The molecule has 3 aromatic heterocycles. The van der Waals surface area contributed by atoms with Crippen LogP contribution in [-0.2, 0) is 11.3 Å². The van der Waals surface area contributed by atoms with E-state index in [4.69, 9.17) is 9.15 Å². The van der Waals surface area contributed by atoms with Crippen LogP contribution < -0.4 is 5.32 Å². The van der Waals surface area contributed by atoms with Crippen LogP contribution in [0.3, 0.4) is 0 Å². The molecule has 23 heavy (non-hydrogen) atoms. The van der Waals surface area contributed by atoms with Crippen LogP contribution in [-0.4, -0.2) is 34.4 Å². The molecule has 0 spiro atoms. The zero-order valence-electron chi connectivity index (χ0n) is 12.8.